The first kappa shape index (κ1) is 15.7. The van der Waals surface area contributed by atoms with Gasteiger partial charge in [0.2, 0.25) is 5.88 Å². The van der Waals surface area contributed by atoms with Crippen LogP contribution in [-0.2, 0) is 13.2 Å². The van der Waals surface area contributed by atoms with E-state index >= 15 is 0 Å². The molecule has 5 nitrogen and oxygen atoms in total. The molecule has 0 saturated carbocycles. The lowest BCUT2D eigenvalue weighted by molar-refractivity contribution is 0.0945. The third kappa shape index (κ3) is 4.39. The van der Waals surface area contributed by atoms with Crippen molar-refractivity contribution >= 4 is 5.91 Å². The number of benzene rings is 2. The molecule has 0 bridgehead atoms. The van der Waals surface area contributed by atoms with Gasteiger partial charge in [0.1, 0.15) is 18.6 Å². The minimum Gasteiger partial charge on any atom is -0.473 e. The fraction of sp³-hybridized carbons (Fsp3) is 0.105. The van der Waals surface area contributed by atoms with Crippen LogP contribution in [0.5, 0.6) is 5.88 Å². The van der Waals surface area contributed by atoms with Gasteiger partial charge in [-0.1, -0.05) is 60.7 Å². The van der Waals surface area contributed by atoms with Gasteiger partial charge in [-0.15, -0.1) is 0 Å². The molecular formula is C19H17N3O2. The van der Waals surface area contributed by atoms with Gasteiger partial charge in [-0.25, -0.2) is 9.97 Å². The summed E-state index contributed by atoms with van der Waals surface area (Å²) in [6, 6.07) is 21.0. The fourth-order valence-corrected chi connectivity index (χ4v) is 2.14. The fourth-order valence-electron chi connectivity index (χ4n) is 2.14. The van der Waals surface area contributed by atoms with Crippen LogP contribution in [0.4, 0.5) is 0 Å². The molecule has 1 heterocycles. The van der Waals surface area contributed by atoms with Crippen molar-refractivity contribution in [2.75, 3.05) is 0 Å². The van der Waals surface area contributed by atoms with Crippen LogP contribution in [0.3, 0.4) is 0 Å². The van der Waals surface area contributed by atoms with Crippen molar-refractivity contribution in [1.82, 2.24) is 15.3 Å². The summed E-state index contributed by atoms with van der Waals surface area (Å²) in [6.07, 6.45) is 1.33. The second-order valence-electron chi connectivity index (χ2n) is 5.18. The number of carbonyl (C=O) groups is 1. The van der Waals surface area contributed by atoms with Crippen LogP contribution in [0, 0.1) is 0 Å². The van der Waals surface area contributed by atoms with E-state index in [9.17, 15) is 4.79 Å². The monoisotopic (exact) mass is 319 g/mol. The predicted octanol–water partition coefficient (Wildman–Crippen LogP) is 2.99. The van der Waals surface area contributed by atoms with Crippen LogP contribution in [-0.4, -0.2) is 15.9 Å². The summed E-state index contributed by atoms with van der Waals surface area (Å²) in [7, 11) is 0. The highest BCUT2D eigenvalue weighted by Gasteiger charge is 2.09. The molecule has 1 amide bonds. The number of ether oxygens (including phenoxy) is 1. The number of rotatable bonds is 6. The molecule has 1 N–H and O–H groups in total. The molecule has 0 unspecified atom stereocenters. The van der Waals surface area contributed by atoms with Crippen molar-refractivity contribution in [2.24, 2.45) is 0 Å². The lowest BCUT2D eigenvalue weighted by Gasteiger charge is -2.07. The number of amides is 1. The van der Waals surface area contributed by atoms with Crippen molar-refractivity contribution < 1.29 is 9.53 Å². The van der Waals surface area contributed by atoms with E-state index in [1.807, 2.05) is 60.7 Å². The molecule has 0 fully saturated rings. The van der Waals surface area contributed by atoms with Gasteiger partial charge in [-0.2, -0.15) is 0 Å². The number of aromatic nitrogens is 2. The van der Waals surface area contributed by atoms with E-state index < -0.39 is 0 Å². The summed E-state index contributed by atoms with van der Waals surface area (Å²) in [5.74, 6) is 0.115. The predicted molar refractivity (Wildman–Crippen MR) is 90.4 cm³/mol. The highest BCUT2D eigenvalue weighted by atomic mass is 16.5. The van der Waals surface area contributed by atoms with Crippen molar-refractivity contribution in [3.05, 3.63) is 89.9 Å². The SMILES string of the molecule is O=C(NCc1ccccc1)c1cc(OCc2ccccc2)ncn1. The largest absolute Gasteiger partial charge is 0.473 e. The average Bonchev–Trinajstić information content (AvgIpc) is 2.66. The van der Waals surface area contributed by atoms with Gasteiger partial charge < -0.3 is 10.1 Å². The van der Waals surface area contributed by atoms with Gasteiger partial charge >= 0.3 is 0 Å². The van der Waals surface area contributed by atoms with E-state index in [4.69, 9.17) is 4.74 Å². The highest BCUT2D eigenvalue weighted by molar-refractivity contribution is 5.92. The minimum absolute atomic E-state index is 0.259. The maximum atomic E-state index is 12.2. The maximum absolute atomic E-state index is 12.2. The lowest BCUT2D eigenvalue weighted by Crippen LogP contribution is -2.23. The Morgan fingerprint density at radius 3 is 2.29 bits per heavy atom. The Morgan fingerprint density at radius 1 is 0.917 bits per heavy atom. The van der Waals surface area contributed by atoms with Gasteiger partial charge in [-0.3, -0.25) is 4.79 Å². The zero-order valence-electron chi connectivity index (χ0n) is 13.1. The third-order valence-electron chi connectivity index (χ3n) is 3.40. The molecule has 0 aliphatic heterocycles. The molecule has 24 heavy (non-hydrogen) atoms. The summed E-state index contributed by atoms with van der Waals surface area (Å²) in [6.45, 7) is 0.840. The molecule has 3 aromatic rings. The van der Waals surface area contributed by atoms with E-state index in [1.54, 1.807) is 6.07 Å². The Kier molecular flexibility index (Phi) is 5.14. The van der Waals surface area contributed by atoms with Gasteiger partial charge in [-0.05, 0) is 11.1 Å². The number of hydrogen-bond acceptors (Lipinski definition) is 4. The first-order valence-electron chi connectivity index (χ1n) is 7.62. The molecule has 2 aromatic carbocycles. The first-order chi connectivity index (χ1) is 11.8. The van der Waals surface area contributed by atoms with Crippen molar-refractivity contribution in [3.8, 4) is 5.88 Å². The topological polar surface area (TPSA) is 64.1 Å². The molecular weight excluding hydrogens is 302 g/mol. The Hall–Kier alpha value is -3.21. The van der Waals surface area contributed by atoms with Gasteiger partial charge in [0.25, 0.3) is 5.91 Å². The van der Waals surface area contributed by atoms with E-state index in [0.717, 1.165) is 11.1 Å². The number of nitrogens with zero attached hydrogens (tertiary/aromatic N) is 2. The second kappa shape index (κ2) is 7.87. The molecule has 1 aromatic heterocycles. The summed E-state index contributed by atoms with van der Waals surface area (Å²) in [4.78, 5) is 20.2. The molecule has 0 radical (unpaired) electrons. The van der Waals surface area contributed by atoms with Crippen molar-refractivity contribution in [1.29, 1.82) is 0 Å². The smallest absolute Gasteiger partial charge is 0.270 e. The maximum Gasteiger partial charge on any atom is 0.270 e. The Bertz CT molecular complexity index is 792. The Labute approximate surface area is 140 Å². The zero-order chi connectivity index (χ0) is 16.6. The molecule has 5 heteroatoms. The molecule has 0 spiro atoms. The summed E-state index contributed by atoms with van der Waals surface area (Å²) in [5, 5.41) is 2.83. The van der Waals surface area contributed by atoms with Crippen LogP contribution in [0.15, 0.2) is 73.1 Å². The molecule has 0 atom stereocenters. The minimum atomic E-state index is -0.259. The van der Waals surface area contributed by atoms with Crippen LogP contribution < -0.4 is 10.1 Å². The number of hydrogen-bond donors (Lipinski definition) is 1. The molecule has 3 rings (SSSR count). The van der Waals surface area contributed by atoms with E-state index in [0.29, 0.717) is 19.0 Å². The number of carbonyl (C=O) groups excluding carboxylic acids is 1. The quantitative estimate of drug-likeness (QED) is 0.758. The van der Waals surface area contributed by atoms with Crippen LogP contribution in [0.25, 0.3) is 0 Å². The summed E-state index contributed by atoms with van der Waals surface area (Å²) < 4.78 is 5.61. The molecule has 0 saturated heterocycles. The van der Waals surface area contributed by atoms with Crippen LogP contribution in [0.2, 0.25) is 0 Å². The molecule has 120 valence electrons. The van der Waals surface area contributed by atoms with E-state index in [2.05, 4.69) is 15.3 Å². The average molecular weight is 319 g/mol. The van der Waals surface area contributed by atoms with Gasteiger partial charge in [0, 0.05) is 12.6 Å². The molecule has 0 aliphatic carbocycles. The standard InChI is InChI=1S/C19H17N3O2/c23-19(20-12-15-7-3-1-4-8-15)17-11-18(22-14-21-17)24-13-16-9-5-2-6-10-16/h1-11,14H,12-13H2,(H,20,23). The van der Waals surface area contributed by atoms with E-state index in [-0.39, 0.29) is 11.6 Å². The molecule has 0 aliphatic rings. The Balaban J connectivity index is 1.59. The normalized spacial score (nSPS) is 10.2. The first-order valence-corrected chi connectivity index (χ1v) is 7.62. The second-order valence-corrected chi connectivity index (χ2v) is 5.18. The van der Waals surface area contributed by atoms with Gasteiger partial charge in [0.05, 0.1) is 0 Å². The van der Waals surface area contributed by atoms with Crippen molar-refractivity contribution in [3.63, 3.8) is 0 Å². The zero-order valence-corrected chi connectivity index (χ0v) is 13.1. The van der Waals surface area contributed by atoms with Gasteiger partial charge in [0.15, 0.2) is 0 Å². The summed E-state index contributed by atoms with van der Waals surface area (Å²) >= 11 is 0. The highest BCUT2D eigenvalue weighted by Crippen LogP contribution is 2.10. The van der Waals surface area contributed by atoms with Crippen molar-refractivity contribution in [2.45, 2.75) is 13.2 Å². The van der Waals surface area contributed by atoms with Crippen LogP contribution >= 0.6 is 0 Å². The lowest BCUT2D eigenvalue weighted by atomic mass is 10.2. The third-order valence-corrected chi connectivity index (χ3v) is 3.40. The van der Waals surface area contributed by atoms with E-state index in [1.165, 1.54) is 6.33 Å². The van der Waals surface area contributed by atoms with Crippen LogP contribution in [0.1, 0.15) is 21.6 Å². The number of nitrogens with one attached hydrogen (secondary N) is 1. The Morgan fingerprint density at radius 2 is 1.58 bits per heavy atom. The summed E-state index contributed by atoms with van der Waals surface area (Å²) in [5.41, 5.74) is 2.34.